The van der Waals surface area contributed by atoms with Crippen molar-refractivity contribution in [3.63, 3.8) is 0 Å². The van der Waals surface area contributed by atoms with Gasteiger partial charge in [0.05, 0.1) is 11.1 Å². The lowest BCUT2D eigenvalue weighted by Gasteiger charge is -2.16. The number of fused-ring (bicyclic) bond motifs is 6. The zero-order chi connectivity index (χ0) is 24.9. The quantitative estimate of drug-likeness (QED) is 0.253. The minimum absolute atomic E-state index is 0.562. The Bertz CT molecular complexity index is 1780. The van der Waals surface area contributed by atoms with Gasteiger partial charge in [-0.3, -0.25) is 4.98 Å². The molecule has 0 unspecified atom stereocenters. The van der Waals surface area contributed by atoms with Gasteiger partial charge in [-0.2, -0.15) is 0 Å². The highest BCUT2D eigenvalue weighted by Gasteiger charge is 2.27. The van der Waals surface area contributed by atoms with E-state index in [0.29, 0.717) is 5.92 Å². The van der Waals surface area contributed by atoms with E-state index in [2.05, 4.69) is 92.7 Å². The predicted molar refractivity (Wildman–Crippen MR) is 152 cm³/mol. The zero-order valence-corrected chi connectivity index (χ0v) is 21.2. The van der Waals surface area contributed by atoms with Crippen LogP contribution in [0.1, 0.15) is 30.7 Å². The molecule has 0 saturated carbocycles. The highest BCUT2D eigenvalue weighted by Crippen LogP contribution is 2.43. The molecular formula is C34H28N2O. The lowest BCUT2D eigenvalue weighted by atomic mass is 9.89. The van der Waals surface area contributed by atoms with Gasteiger partial charge in [-0.1, -0.05) is 74.5 Å². The summed E-state index contributed by atoms with van der Waals surface area (Å²) < 4.78 is 6.54. The summed E-state index contributed by atoms with van der Waals surface area (Å²) in [6.07, 6.45) is 4.73. The van der Waals surface area contributed by atoms with Gasteiger partial charge >= 0.3 is 0 Å². The summed E-state index contributed by atoms with van der Waals surface area (Å²) in [5.74, 6) is 1.48. The van der Waals surface area contributed by atoms with Crippen LogP contribution in [-0.4, -0.2) is 9.97 Å². The highest BCUT2D eigenvalue weighted by molar-refractivity contribution is 6.04. The third-order valence-corrected chi connectivity index (χ3v) is 7.43. The first-order valence-corrected chi connectivity index (χ1v) is 13.1. The van der Waals surface area contributed by atoms with E-state index in [1.165, 1.54) is 33.0 Å². The molecule has 7 rings (SSSR count). The van der Waals surface area contributed by atoms with Crippen molar-refractivity contribution < 1.29 is 4.42 Å². The minimum Gasteiger partial charge on any atom is -0.454 e. The highest BCUT2D eigenvalue weighted by atomic mass is 16.3. The van der Waals surface area contributed by atoms with Crippen LogP contribution < -0.4 is 0 Å². The molecule has 0 amide bonds. The summed E-state index contributed by atoms with van der Waals surface area (Å²) in [7, 11) is 0. The number of aromatic nitrogens is 2. The molecule has 0 radical (unpaired) electrons. The Morgan fingerprint density at radius 2 is 1.65 bits per heavy atom. The third kappa shape index (κ3) is 3.74. The number of aryl methyl sites for hydroxylation is 2. The molecule has 0 bridgehead atoms. The largest absolute Gasteiger partial charge is 0.454 e. The molecular weight excluding hydrogens is 452 g/mol. The Hall–Kier alpha value is -4.24. The van der Waals surface area contributed by atoms with Crippen LogP contribution in [0.15, 0.2) is 95.5 Å². The number of hydrogen-bond donors (Lipinski definition) is 0. The molecule has 0 N–H and O–H groups in total. The van der Waals surface area contributed by atoms with Crippen molar-refractivity contribution in [2.45, 2.75) is 33.1 Å². The van der Waals surface area contributed by atoms with Gasteiger partial charge in [-0.05, 0) is 76.9 Å². The molecule has 6 aromatic rings. The molecule has 180 valence electrons. The van der Waals surface area contributed by atoms with E-state index in [9.17, 15) is 0 Å². The topological polar surface area (TPSA) is 38.9 Å². The number of rotatable bonds is 4. The third-order valence-electron chi connectivity index (χ3n) is 7.43. The van der Waals surface area contributed by atoms with E-state index in [-0.39, 0.29) is 0 Å². The number of furan rings is 1. The molecule has 3 heterocycles. The molecule has 1 aliphatic carbocycles. The van der Waals surface area contributed by atoms with Crippen molar-refractivity contribution in [1.29, 1.82) is 0 Å². The Kier molecular flexibility index (Phi) is 5.17. The molecule has 3 aromatic heterocycles. The fourth-order valence-corrected chi connectivity index (χ4v) is 5.78. The second kappa shape index (κ2) is 8.70. The minimum atomic E-state index is 0.562. The number of nitrogens with zero attached hydrogens (tertiary/aromatic N) is 2. The average molecular weight is 481 g/mol. The fraction of sp³-hybridized carbons (Fsp3) is 0.176. The van der Waals surface area contributed by atoms with Gasteiger partial charge < -0.3 is 4.42 Å². The Morgan fingerprint density at radius 3 is 2.51 bits per heavy atom. The van der Waals surface area contributed by atoms with Gasteiger partial charge in [-0.15, -0.1) is 0 Å². The SMILES string of the molecule is CC(C)Cc1ccc2c(n1)-c1oc3ccnc(-c4cc(-c5ccccc5)c5ccccc5c4)c3c1CC2. The normalized spacial score (nSPS) is 12.7. The molecule has 0 fully saturated rings. The molecule has 3 heteroatoms. The molecule has 0 aliphatic heterocycles. The average Bonchev–Trinajstić information content (AvgIpc) is 3.32. The van der Waals surface area contributed by atoms with Crippen LogP contribution in [0.3, 0.4) is 0 Å². The summed E-state index contributed by atoms with van der Waals surface area (Å²) in [5.41, 5.74) is 10.0. The maximum atomic E-state index is 6.54. The standard InChI is InChI=1S/C34H28N2O/c1-21(2)18-26-14-12-23-13-15-28-31-30(37-34(28)33(23)36-26)16-17-35-32(31)25-19-24-10-6-7-11-27(24)29(20-25)22-8-4-3-5-9-22/h3-12,14,16-17,19-21H,13,15,18H2,1-2H3. The Balaban J connectivity index is 1.45. The Morgan fingerprint density at radius 1 is 0.811 bits per heavy atom. The van der Waals surface area contributed by atoms with Gasteiger partial charge in [-0.25, -0.2) is 4.98 Å². The van der Waals surface area contributed by atoms with Crippen LogP contribution in [0, 0.1) is 5.92 Å². The maximum Gasteiger partial charge on any atom is 0.157 e. The van der Waals surface area contributed by atoms with Gasteiger partial charge in [0.1, 0.15) is 11.3 Å². The predicted octanol–water partition coefficient (Wildman–Crippen LogP) is 8.67. The molecule has 37 heavy (non-hydrogen) atoms. The van der Waals surface area contributed by atoms with Crippen LogP contribution >= 0.6 is 0 Å². The summed E-state index contributed by atoms with van der Waals surface area (Å²) >= 11 is 0. The number of pyridine rings is 2. The van der Waals surface area contributed by atoms with Crippen molar-refractivity contribution in [2.24, 2.45) is 5.92 Å². The first kappa shape index (κ1) is 22.0. The lowest BCUT2D eigenvalue weighted by Crippen LogP contribution is -2.07. The maximum absolute atomic E-state index is 6.54. The van der Waals surface area contributed by atoms with E-state index in [1.807, 2.05) is 12.3 Å². The first-order valence-electron chi connectivity index (χ1n) is 13.1. The first-order chi connectivity index (χ1) is 18.2. The van der Waals surface area contributed by atoms with Crippen molar-refractivity contribution in [3.8, 4) is 33.8 Å². The molecule has 3 aromatic carbocycles. The summed E-state index contributed by atoms with van der Waals surface area (Å²) in [6.45, 7) is 4.47. The van der Waals surface area contributed by atoms with Gasteiger partial charge in [0.2, 0.25) is 0 Å². The lowest BCUT2D eigenvalue weighted by molar-refractivity contribution is 0.610. The molecule has 3 nitrogen and oxygen atoms in total. The molecule has 0 spiro atoms. The van der Waals surface area contributed by atoms with Crippen LogP contribution in [0.4, 0.5) is 0 Å². The Labute approximate surface area is 216 Å². The van der Waals surface area contributed by atoms with Crippen molar-refractivity contribution in [2.75, 3.05) is 0 Å². The van der Waals surface area contributed by atoms with E-state index in [1.54, 1.807) is 0 Å². The second-order valence-electron chi connectivity index (χ2n) is 10.5. The van der Waals surface area contributed by atoms with Crippen LogP contribution in [0.5, 0.6) is 0 Å². The second-order valence-corrected chi connectivity index (χ2v) is 10.5. The number of benzene rings is 3. The van der Waals surface area contributed by atoms with E-state index in [4.69, 9.17) is 14.4 Å². The van der Waals surface area contributed by atoms with E-state index < -0.39 is 0 Å². The summed E-state index contributed by atoms with van der Waals surface area (Å²) in [5, 5.41) is 3.57. The molecule has 0 atom stereocenters. The van der Waals surface area contributed by atoms with Crippen LogP contribution in [0.2, 0.25) is 0 Å². The van der Waals surface area contributed by atoms with E-state index in [0.717, 1.165) is 58.6 Å². The van der Waals surface area contributed by atoms with E-state index >= 15 is 0 Å². The fourth-order valence-electron chi connectivity index (χ4n) is 5.78. The smallest absolute Gasteiger partial charge is 0.157 e. The van der Waals surface area contributed by atoms with Crippen LogP contribution in [-0.2, 0) is 19.3 Å². The zero-order valence-electron chi connectivity index (χ0n) is 21.2. The van der Waals surface area contributed by atoms with Crippen LogP contribution in [0.25, 0.3) is 55.6 Å². The number of hydrogen-bond acceptors (Lipinski definition) is 3. The summed E-state index contributed by atoms with van der Waals surface area (Å²) in [4.78, 5) is 10.0. The molecule has 1 aliphatic rings. The van der Waals surface area contributed by atoms with Crippen molar-refractivity contribution in [3.05, 3.63) is 108 Å². The summed E-state index contributed by atoms with van der Waals surface area (Å²) in [6, 6.07) is 30.2. The van der Waals surface area contributed by atoms with Gasteiger partial charge in [0.25, 0.3) is 0 Å². The van der Waals surface area contributed by atoms with Crippen molar-refractivity contribution in [1.82, 2.24) is 9.97 Å². The van der Waals surface area contributed by atoms with Gasteiger partial charge in [0, 0.05) is 23.0 Å². The molecule has 0 saturated heterocycles. The monoisotopic (exact) mass is 480 g/mol. The van der Waals surface area contributed by atoms with Crippen molar-refractivity contribution >= 4 is 21.7 Å². The van der Waals surface area contributed by atoms with Gasteiger partial charge in [0.15, 0.2) is 5.76 Å².